The van der Waals surface area contributed by atoms with Crippen LogP contribution in [0.2, 0.25) is 0 Å². The number of nitrogens with zero attached hydrogens (tertiary/aromatic N) is 3. The third kappa shape index (κ3) is 4.57. The zero-order chi connectivity index (χ0) is 17.6. The van der Waals surface area contributed by atoms with Crippen LogP contribution in [0.25, 0.3) is 0 Å². The number of nitrogens with two attached hydrogens (primary N) is 2. The molecule has 1 aromatic heterocycles. The van der Waals surface area contributed by atoms with Crippen molar-refractivity contribution in [2.45, 2.75) is 25.4 Å². The van der Waals surface area contributed by atoms with Crippen molar-refractivity contribution in [2.75, 3.05) is 23.7 Å². The molecule has 0 unspecified atom stereocenters. The number of aromatic nitrogens is 2. The summed E-state index contributed by atoms with van der Waals surface area (Å²) in [7, 11) is 0. The summed E-state index contributed by atoms with van der Waals surface area (Å²) in [6.07, 6.45) is 3.21. The lowest BCUT2D eigenvalue weighted by Gasteiger charge is -2.31. The number of rotatable bonds is 5. The van der Waals surface area contributed by atoms with Gasteiger partial charge in [-0.25, -0.2) is 14.8 Å². The molecule has 1 fully saturated rings. The number of carbonyl (C=O) groups is 1. The molecule has 1 aliphatic heterocycles. The van der Waals surface area contributed by atoms with E-state index in [4.69, 9.17) is 11.5 Å². The molecular formula is C17H23N7O. The molecule has 0 atom stereocenters. The first-order valence-electron chi connectivity index (χ1n) is 8.33. The molecular weight excluding hydrogens is 318 g/mol. The summed E-state index contributed by atoms with van der Waals surface area (Å²) in [5, 5.41) is 6.66. The van der Waals surface area contributed by atoms with Crippen molar-refractivity contribution in [1.82, 2.24) is 14.9 Å². The molecule has 0 aliphatic carbocycles. The summed E-state index contributed by atoms with van der Waals surface area (Å²) in [6, 6.07) is 9.68. The summed E-state index contributed by atoms with van der Waals surface area (Å²) in [5.41, 5.74) is 13.0. The Morgan fingerprint density at radius 2 is 1.96 bits per heavy atom. The number of nitrogens with one attached hydrogen (secondary N) is 2. The van der Waals surface area contributed by atoms with E-state index < -0.39 is 0 Å². The molecule has 6 N–H and O–H groups in total. The van der Waals surface area contributed by atoms with Crippen LogP contribution in [0.1, 0.15) is 18.4 Å². The molecule has 3 rings (SSSR count). The third-order valence-electron chi connectivity index (χ3n) is 4.26. The normalized spacial score (nSPS) is 15.0. The first-order valence-corrected chi connectivity index (χ1v) is 8.33. The van der Waals surface area contributed by atoms with Crippen LogP contribution >= 0.6 is 0 Å². The maximum Gasteiger partial charge on any atom is 0.314 e. The number of benzene rings is 1. The van der Waals surface area contributed by atoms with Gasteiger partial charge < -0.3 is 27.0 Å². The lowest BCUT2D eigenvalue weighted by atomic mass is 10.1. The van der Waals surface area contributed by atoms with Gasteiger partial charge in [-0.05, 0) is 30.5 Å². The molecule has 0 saturated carbocycles. The van der Waals surface area contributed by atoms with Crippen LogP contribution in [0.3, 0.4) is 0 Å². The Kier molecular flexibility index (Phi) is 5.30. The van der Waals surface area contributed by atoms with Crippen LogP contribution in [-0.4, -0.2) is 40.0 Å². The maximum absolute atomic E-state index is 11.2. The van der Waals surface area contributed by atoms with Crippen LogP contribution < -0.4 is 22.1 Å². The predicted molar refractivity (Wildman–Crippen MR) is 97.4 cm³/mol. The Hall–Kier alpha value is -2.87. The standard InChI is InChI=1S/C17H23N7O/c18-10-12-2-1-3-14(8-12)23-16-9-15(20-11-21-16)22-13-4-6-24(7-5-13)17(19)25/h1-3,8-9,11,13H,4-7,10,18H2,(H2,19,25)(H2,20,21,22,23). The number of hydrogen-bond donors (Lipinski definition) is 4. The van der Waals surface area contributed by atoms with Gasteiger partial charge in [-0.1, -0.05) is 12.1 Å². The minimum absolute atomic E-state index is 0.263. The number of piperidine rings is 1. The number of urea groups is 1. The van der Waals surface area contributed by atoms with Crippen LogP contribution in [0, 0.1) is 0 Å². The Morgan fingerprint density at radius 1 is 1.20 bits per heavy atom. The summed E-state index contributed by atoms with van der Waals surface area (Å²) < 4.78 is 0. The number of hydrogen-bond acceptors (Lipinski definition) is 6. The highest BCUT2D eigenvalue weighted by Crippen LogP contribution is 2.19. The van der Waals surface area contributed by atoms with Crippen molar-refractivity contribution in [3.8, 4) is 0 Å². The van der Waals surface area contributed by atoms with Gasteiger partial charge in [0.15, 0.2) is 0 Å². The molecule has 25 heavy (non-hydrogen) atoms. The minimum Gasteiger partial charge on any atom is -0.367 e. The number of amides is 2. The fourth-order valence-electron chi connectivity index (χ4n) is 2.88. The SMILES string of the molecule is NCc1cccc(Nc2cc(NC3CCN(C(N)=O)CC3)ncn2)c1. The zero-order valence-corrected chi connectivity index (χ0v) is 14.0. The van der Waals surface area contributed by atoms with Crippen molar-refractivity contribution < 1.29 is 4.79 Å². The van der Waals surface area contributed by atoms with Gasteiger partial charge in [0.25, 0.3) is 0 Å². The van der Waals surface area contributed by atoms with Gasteiger partial charge in [-0.15, -0.1) is 0 Å². The Balaban J connectivity index is 1.61. The molecule has 2 amide bonds. The summed E-state index contributed by atoms with van der Waals surface area (Å²) in [6.45, 7) is 1.82. The Labute approximate surface area is 146 Å². The molecule has 8 heteroatoms. The van der Waals surface area contributed by atoms with Crippen LogP contribution in [0.5, 0.6) is 0 Å². The second-order valence-corrected chi connectivity index (χ2v) is 6.06. The van der Waals surface area contributed by atoms with E-state index in [1.807, 2.05) is 30.3 Å². The molecule has 1 saturated heterocycles. The molecule has 1 aromatic carbocycles. The molecule has 2 aromatic rings. The minimum atomic E-state index is -0.355. The molecule has 0 spiro atoms. The Morgan fingerprint density at radius 3 is 2.68 bits per heavy atom. The van der Waals surface area contributed by atoms with E-state index in [9.17, 15) is 4.79 Å². The second kappa shape index (κ2) is 7.80. The van der Waals surface area contributed by atoms with Gasteiger partial charge in [-0.2, -0.15) is 0 Å². The number of carbonyl (C=O) groups excluding carboxylic acids is 1. The van der Waals surface area contributed by atoms with Gasteiger partial charge in [0.05, 0.1) is 0 Å². The zero-order valence-electron chi connectivity index (χ0n) is 14.0. The maximum atomic E-state index is 11.2. The predicted octanol–water partition coefficient (Wildman–Crippen LogP) is 1.63. The highest BCUT2D eigenvalue weighted by Gasteiger charge is 2.21. The lowest BCUT2D eigenvalue weighted by molar-refractivity contribution is 0.193. The summed E-state index contributed by atoms with van der Waals surface area (Å²) >= 11 is 0. The number of likely N-dealkylation sites (tertiary alicyclic amines) is 1. The van der Waals surface area contributed by atoms with E-state index in [1.165, 1.54) is 6.33 Å². The average molecular weight is 341 g/mol. The molecule has 2 heterocycles. The molecule has 0 radical (unpaired) electrons. The van der Waals surface area contributed by atoms with E-state index in [0.717, 1.165) is 29.9 Å². The van der Waals surface area contributed by atoms with Crippen LogP contribution in [-0.2, 0) is 6.54 Å². The van der Waals surface area contributed by atoms with E-state index in [0.29, 0.717) is 25.5 Å². The topological polar surface area (TPSA) is 122 Å². The fraction of sp³-hybridized carbons (Fsp3) is 0.353. The van der Waals surface area contributed by atoms with Crippen molar-refractivity contribution in [3.05, 3.63) is 42.2 Å². The molecule has 1 aliphatic rings. The van der Waals surface area contributed by atoms with E-state index in [2.05, 4.69) is 20.6 Å². The van der Waals surface area contributed by atoms with Crippen molar-refractivity contribution >= 4 is 23.4 Å². The van der Waals surface area contributed by atoms with Gasteiger partial charge in [0, 0.05) is 37.4 Å². The van der Waals surface area contributed by atoms with Crippen molar-refractivity contribution in [3.63, 3.8) is 0 Å². The van der Waals surface area contributed by atoms with Crippen LogP contribution in [0.15, 0.2) is 36.7 Å². The monoisotopic (exact) mass is 341 g/mol. The van der Waals surface area contributed by atoms with Crippen LogP contribution in [0.4, 0.5) is 22.1 Å². The smallest absolute Gasteiger partial charge is 0.314 e. The second-order valence-electron chi connectivity index (χ2n) is 6.06. The summed E-state index contributed by atoms with van der Waals surface area (Å²) in [4.78, 5) is 21.4. The van der Waals surface area contributed by atoms with Gasteiger partial charge in [0.2, 0.25) is 0 Å². The Bertz CT molecular complexity index is 728. The third-order valence-corrected chi connectivity index (χ3v) is 4.26. The summed E-state index contributed by atoms with van der Waals surface area (Å²) in [5.74, 6) is 1.46. The largest absolute Gasteiger partial charge is 0.367 e. The van der Waals surface area contributed by atoms with Gasteiger partial charge in [-0.3, -0.25) is 0 Å². The van der Waals surface area contributed by atoms with E-state index in [1.54, 1.807) is 4.90 Å². The number of anilines is 3. The van der Waals surface area contributed by atoms with E-state index >= 15 is 0 Å². The number of primary amides is 1. The molecule has 0 bridgehead atoms. The quantitative estimate of drug-likeness (QED) is 0.656. The highest BCUT2D eigenvalue weighted by molar-refractivity contribution is 5.72. The van der Waals surface area contributed by atoms with Gasteiger partial charge >= 0.3 is 6.03 Å². The lowest BCUT2D eigenvalue weighted by Crippen LogP contribution is -2.44. The average Bonchev–Trinajstić information content (AvgIpc) is 2.62. The highest BCUT2D eigenvalue weighted by atomic mass is 16.2. The fourth-order valence-corrected chi connectivity index (χ4v) is 2.88. The first kappa shape index (κ1) is 17.0. The molecule has 8 nitrogen and oxygen atoms in total. The van der Waals surface area contributed by atoms with Crippen molar-refractivity contribution in [2.24, 2.45) is 11.5 Å². The van der Waals surface area contributed by atoms with Crippen molar-refractivity contribution in [1.29, 1.82) is 0 Å². The molecule has 132 valence electrons. The van der Waals surface area contributed by atoms with E-state index in [-0.39, 0.29) is 12.1 Å². The van der Waals surface area contributed by atoms with Gasteiger partial charge in [0.1, 0.15) is 18.0 Å². The first-order chi connectivity index (χ1) is 12.1.